The van der Waals surface area contributed by atoms with Crippen LogP contribution in [-0.2, 0) is 6.42 Å². The topological polar surface area (TPSA) is 61.3 Å². The zero-order chi connectivity index (χ0) is 29.8. The number of rotatable bonds is 21. The molecule has 5 heteroatoms. The van der Waals surface area contributed by atoms with Crippen LogP contribution in [0.25, 0.3) is 11.3 Å². The Morgan fingerprint density at radius 2 is 1.52 bits per heavy atom. The zero-order valence-corrected chi connectivity index (χ0v) is 25.9. The van der Waals surface area contributed by atoms with Gasteiger partial charge in [0.1, 0.15) is 5.75 Å². The van der Waals surface area contributed by atoms with Gasteiger partial charge in [-0.05, 0) is 80.0 Å². The van der Waals surface area contributed by atoms with Crippen LogP contribution < -0.4 is 9.47 Å². The van der Waals surface area contributed by atoms with Crippen molar-refractivity contribution < 1.29 is 14.3 Å². The van der Waals surface area contributed by atoms with Crippen LogP contribution >= 0.6 is 0 Å². The Kier molecular flexibility index (Phi) is 15.4. The molecule has 0 aliphatic rings. The number of esters is 1. The van der Waals surface area contributed by atoms with E-state index in [4.69, 9.17) is 9.47 Å². The van der Waals surface area contributed by atoms with E-state index < -0.39 is 5.97 Å². The highest BCUT2D eigenvalue weighted by molar-refractivity contribution is 5.90. The minimum absolute atomic E-state index is 0.186. The summed E-state index contributed by atoms with van der Waals surface area (Å²) in [6, 6.07) is 15.6. The molecule has 0 amide bonds. The number of ether oxygens (including phenoxy) is 2. The number of aryl methyl sites for hydroxylation is 1. The minimum Gasteiger partial charge on any atom is -0.494 e. The molecule has 3 rings (SSSR count). The Balaban J connectivity index is 1.35. The van der Waals surface area contributed by atoms with Crippen molar-refractivity contribution in [3.8, 4) is 22.9 Å². The summed E-state index contributed by atoms with van der Waals surface area (Å²) in [5.41, 5.74) is 3.40. The smallest absolute Gasteiger partial charge is 0.344 e. The van der Waals surface area contributed by atoms with Crippen molar-refractivity contribution in [3.05, 3.63) is 84.7 Å². The van der Waals surface area contributed by atoms with Crippen LogP contribution in [0.1, 0.15) is 113 Å². The van der Waals surface area contributed by atoms with Gasteiger partial charge in [-0.3, -0.25) is 0 Å². The molecule has 3 aromatic rings. The van der Waals surface area contributed by atoms with Gasteiger partial charge < -0.3 is 9.47 Å². The zero-order valence-electron chi connectivity index (χ0n) is 25.9. The minimum atomic E-state index is -0.429. The fourth-order valence-electron chi connectivity index (χ4n) is 4.87. The molecule has 0 radical (unpaired) electrons. The molecule has 5 nitrogen and oxygen atoms in total. The van der Waals surface area contributed by atoms with E-state index in [1.54, 1.807) is 6.20 Å². The molecule has 1 aromatic heterocycles. The highest BCUT2D eigenvalue weighted by Gasteiger charge is 2.11. The first-order chi connectivity index (χ1) is 20.6. The third kappa shape index (κ3) is 12.6. The lowest BCUT2D eigenvalue weighted by Crippen LogP contribution is -2.09. The van der Waals surface area contributed by atoms with Crippen LogP contribution in [0.4, 0.5) is 0 Å². The lowest BCUT2D eigenvalue weighted by atomic mass is 10.0. The maximum absolute atomic E-state index is 12.6. The molecule has 42 heavy (non-hydrogen) atoms. The monoisotopic (exact) mass is 570 g/mol. The number of carbonyl (C=O) groups excluding carboxylic acids is 1. The van der Waals surface area contributed by atoms with Crippen molar-refractivity contribution in [3.63, 3.8) is 0 Å². The molecule has 0 aliphatic carbocycles. The molecule has 0 N–H and O–H groups in total. The maximum Gasteiger partial charge on any atom is 0.344 e. The summed E-state index contributed by atoms with van der Waals surface area (Å²) in [5.74, 6) is 1.43. The molecule has 0 fully saturated rings. The van der Waals surface area contributed by atoms with E-state index in [2.05, 4.69) is 30.4 Å². The molecule has 0 aliphatic heterocycles. The van der Waals surface area contributed by atoms with Crippen molar-refractivity contribution in [2.45, 2.75) is 104 Å². The second kappa shape index (κ2) is 19.6. The fourth-order valence-corrected chi connectivity index (χ4v) is 4.87. The predicted molar refractivity (Wildman–Crippen MR) is 173 cm³/mol. The highest BCUT2D eigenvalue weighted by atomic mass is 16.5. The third-order valence-electron chi connectivity index (χ3n) is 7.85. The molecule has 1 atom stereocenters. The number of unbranched alkanes of at least 4 members (excludes halogenated alkanes) is 9. The number of benzene rings is 2. The Morgan fingerprint density at radius 1 is 0.833 bits per heavy atom. The normalized spacial score (nSPS) is 11.7. The Morgan fingerprint density at radius 3 is 2.19 bits per heavy atom. The Hall–Kier alpha value is -3.47. The fraction of sp³-hybridized carbons (Fsp3) is 0.486. The van der Waals surface area contributed by atoms with Crippen molar-refractivity contribution in [1.82, 2.24) is 9.97 Å². The molecule has 2 aromatic carbocycles. The number of allylic oxidation sites excluding steroid dienone is 1. The van der Waals surface area contributed by atoms with Gasteiger partial charge in [-0.25, -0.2) is 14.8 Å². The van der Waals surface area contributed by atoms with Crippen LogP contribution in [-0.4, -0.2) is 22.5 Å². The summed E-state index contributed by atoms with van der Waals surface area (Å²) in [6.07, 6.45) is 22.3. The van der Waals surface area contributed by atoms with Crippen LogP contribution in [0.5, 0.6) is 11.6 Å². The summed E-state index contributed by atoms with van der Waals surface area (Å²) >= 11 is 0. The molecule has 0 saturated carbocycles. The van der Waals surface area contributed by atoms with Crippen molar-refractivity contribution in [2.75, 3.05) is 6.61 Å². The van der Waals surface area contributed by atoms with Gasteiger partial charge in [0, 0.05) is 5.56 Å². The van der Waals surface area contributed by atoms with E-state index >= 15 is 0 Å². The highest BCUT2D eigenvalue weighted by Crippen LogP contribution is 2.22. The molecule has 226 valence electrons. The summed E-state index contributed by atoms with van der Waals surface area (Å²) in [5, 5.41) is 0. The number of aromatic nitrogens is 2. The molecular formula is C37H50N2O3. The van der Waals surface area contributed by atoms with Gasteiger partial charge in [-0.1, -0.05) is 89.8 Å². The Bertz CT molecular complexity index is 1160. The molecule has 0 bridgehead atoms. The van der Waals surface area contributed by atoms with Gasteiger partial charge in [-0.2, -0.15) is 0 Å². The molecular weight excluding hydrogens is 520 g/mol. The van der Waals surface area contributed by atoms with Crippen molar-refractivity contribution in [1.29, 1.82) is 0 Å². The van der Waals surface area contributed by atoms with E-state index in [1.165, 1.54) is 82.4 Å². The van der Waals surface area contributed by atoms with Crippen LogP contribution in [0.2, 0.25) is 0 Å². The van der Waals surface area contributed by atoms with Crippen molar-refractivity contribution in [2.24, 2.45) is 5.92 Å². The van der Waals surface area contributed by atoms with Crippen LogP contribution in [0, 0.1) is 5.92 Å². The number of nitrogens with zero attached hydrogens (tertiary/aromatic N) is 2. The molecule has 1 heterocycles. The SMILES string of the molecule is C=CCCCCCCCCCc1ccc(C(=O)Oc2cnc(-c3ccc(OCCCCCC(C)CC)cc3)cn2)cc1. The average molecular weight is 571 g/mol. The first-order valence-corrected chi connectivity index (χ1v) is 16.1. The van der Waals surface area contributed by atoms with Gasteiger partial charge in [0.25, 0.3) is 0 Å². The van der Waals surface area contributed by atoms with Crippen molar-refractivity contribution >= 4 is 5.97 Å². The van der Waals surface area contributed by atoms with Gasteiger partial charge in [0.05, 0.1) is 30.3 Å². The average Bonchev–Trinajstić information content (AvgIpc) is 3.02. The first kappa shape index (κ1) is 33.0. The maximum atomic E-state index is 12.6. The summed E-state index contributed by atoms with van der Waals surface area (Å²) < 4.78 is 11.4. The van der Waals surface area contributed by atoms with Gasteiger partial charge in [-0.15, -0.1) is 6.58 Å². The van der Waals surface area contributed by atoms with Gasteiger partial charge in [0.2, 0.25) is 5.88 Å². The van der Waals surface area contributed by atoms with Crippen LogP contribution in [0.15, 0.2) is 73.6 Å². The summed E-state index contributed by atoms with van der Waals surface area (Å²) in [6.45, 7) is 9.08. The third-order valence-corrected chi connectivity index (χ3v) is 7.85. The molecule has 0 spiro atoms. The summed E-state index contributed by atoms with van der Waals surface area (Å²) in [4.78, 5) is 21.4. The largest absolute Gasteiger partial charge is 0.494 e. The molecule has 1 unspecified atom stereocenters. The number of hydrogen-bond acceptors (Lipinski definition) is 5. The van der Waals surface area contributed by atoms with E-state index in [0.29, 0.717) is 11.3 Å². The Labute approximate surface area is 253 Å². The lowest BCUT2D eigenvalue weighted by Gasteiger charge is -2.09. The van der Waals surface area contributed by atoms with Crippen LogP contribution in [0.3, 0.4) is 0 Å². The van der Waals surface area contributed by atoms with Gasteiger partial charge >= 0.3 is 5.97 Å². The predicted octanol–water partition coefficient (Wildman–Crippen LogP) is 10.2. The van der Waals surface area contributed by atoms with E-state index in [0.717, 1.165) is 43.1 Å². The second-order valence-corrected chi connectivity index (χ2v) is 11.4. The van der Waals surface area contributed by atoms with E-state index in [1.807, 2.05) is 54.6 Å². The second-order valence-electron chi connectivity index (χ2n) is 11.4. The summed E-state index contributed by atoms with van der Waals surface area (Å²) in [7, 11) is 0. The first-order valence-electron chi connectivity index (χ1n) is 16.1. The van der Waals surface area contributed by atoms with E-state index in [-0.39, 0.29) is 5.88 Å². The molecule has 0 saturated heterocycles. The standard InChI is InChI=1S/C37H50N2O3/c1-4-6-7-8-9-10-11-12-15-18-31-19-21-33(22-20-31)37(40)42-36-29-38-35(28-39-36)32-23-25-34(26-24-32)41-27-16-13-14-17-30(3)5-2/h4,19-26,28-30H,1,5-18,27H2,2-3H3. The number of carbonyl (C=O) groups is 1. The lowest BCUT2D eigenvalue weighted by molar-refractivity contribution is 0.0727. The van der Waals surface area contributed by atoms with Gasteiger partial charge in [0.15, 0.2) is 0 Å². The number of hydrogen-bond donors (Lipinski definition) is 0. The quantitative estimate of drug-likeness (QED) is 0.0724. The van der Waals surface area contributed by atoms with E-state index in [9.17, 15) is 4.79 Å².